The molecule has 0 spiro atoms. The van der Waals surface area contributed by atoms with E-state index in [0.717, 1.165) is 22.8 Å². The van der Waals surface area contributed by atoms with Crippen molar-refractivity contribution in [3.8, 4) is 0 Å². The third-order valence-corrected chi connectivity index (χ3v) is 3.88. The van der Waals surface area contributed by atoms with Gasteiger partial charge in [0.05, 0.1) is 23.0 Å². The highest BCUT2D eigenvalue weighted by Crippen LogP contribution is 2.26. The smallest absolute Gasteiger partial charge is 0.213 e. The van der Waals surface area contributed by atoms with Crippen LogP contribution in [0.25, 0.3) is 10.2 Å². The molecule has 0 bridgehead atoms. The zero-order valence-corrected chi connectivity index (χ0v) is 11.8. The van der Waals surface area contributed by atoms with Gasteiger partial charge in [0.1, 0.15) is 5.76 Å². The molecule has 1 aromatic carbocycles. The van der Waals surface area contributed by atoms with Gasteiger partial charge in [-0.05, 0) is 24.6 Å². The number of thiazole rings is 1. The quantitative estimate of drug-likeness (QED) is 0.786. The van der Waals surface area contributed by atoms with E-state index in [-0.39, 0.29) is 0 Å². The SMILES string of the molecule is CCc1cnc(CNc2nc3cc(C)ccc3s2)o1. The zero-order chi connectivity index (χ0) is 13.2. The van der Waals surface area contributed by atoms with Crippen molar-refractivity contribution in [1.29, 1.82) is 0 Å². The Balaban J connectivity index is 1.74. The highest BCUT2D eigenvalue weighted by molar-refractivity contribution is 7.22. The third-order valence-electron chi connectivity index (χ3n) is 2.88. The lowest BCUT2D eigenvalue weighted by Gasteiger charge is -1.97. The van der Waals surface area contributed by atoms with Crippen LogP contribution in [0.15, 0.2) is 28.8 Å². The van der Waals surface area contributed by atoms with Gasteiger partial charge >= 0.3 is 0 Å². The molecule has 2 aromatic heterocycles. The van der Waals surface area contributed by atoms with E-state index >= 15 is 0 Å². The summed E-state index contributed by atoms with van der Waals surface area (Å²) in [6.07, 6.45) is 2.64. The van der Waals surface area contributed by atoms with E-state index in [1.165, 1.54) is 10.3 Å². The fourth-order valence-corrected chi connectivity index (χ4v) is 2.70. The molecule has 0 aliphatic rings. The third kappa shape index (κ3) is 2.61. The predicted octanol–water partition coefficient (Wildman–Crippen LogP) is 3.77. The molecule has 3 aromatic rings. The van der Waals surface area contributed by atoms with Crippen molar-refractivity contribution in [2.45, 2.75) is 26.8 Å². The van der Waals surface area contributed by atoms with E-state index in [2.05, 4.69) is 40.4 Å². The molecule has 0 saturated carbocycles. The van der Waals surface area contributed by atoms with E-state index in [1.54, 1.807) is 17.5 Å². The lowest BCUT2D eigenvalue weighted by Crippen LogP contribution is -1.98. The first-order valence-corrected chi connectivity index (χ1v) is 7.11. The molecule has 2 heterocycles. The molecule has 1 N–H and O–H groups in total. The van der Waals surface area contributed by atoms with E-state index in [9.17, 15) is 0 Å². The van der Waals surface area contributed by atoms with Crippen LogP contribution in [0.2, 0.25) is 0 Å². The van der Waals surface area contributed by atoms with E-state index in [0.29, 0.717) is 12.4 Å². The first-order chi connectivity index (χ1) is 9.24. The van der Waals surface area contributed by atoms with Crippen LogP contribution in [0.3, 0.4) is 0 Å². The van der Waals surface area contributed by atoms with Gasteiger partial charge in [-0.25, -0.2) is 9.97 Å². The standard InChI is InChI=1S/C14H15N3OS/c1-3-10-7-15-13(18-10)8-16-14-17-11-6-9(2)4-5-12(11)19-14/h4-7H,3,8H2,1-2H3,(H,16,17). The molecule has 0 radical (unpaired) electrons. The van der Waals surface area contributed by atoms with Crippen LogP contribution in [0.4, 0.5) is 5.13 Å². The van der Waals surface area contributed by atoms with Crippen LogP contribution in [-0.4, -0.2) is 9.97 Å². The summed E-state index contributed by atoms with van der Waals surface area (Å²) in [6, 6.07) is 6.30. The Hall–Kier alpha value is -1.88. The number of hydrogen-bond acceptors (Lipinski definition) is 5. The number of aromatic nitrogens is 2. The number of anilines is 1. The predicted molar refractivity (Wildman–Crippen MR) is 77.6 cm³/mol. The lowest BCUT2D eigenvalue weighted by molar-refractivity contribution is 0.466. The van der Waals surface area contributed by atoms with E-state index in [1.807, 2.05) is 6.92 Å². The van der Waals surface area contributed by atoms with Crippen molar-refractivity contribution < 1.29 is 4.42 Å². The summed E-state index contributed by atoms with van der Waals surface area (Å²) in [7, 11) is 0. The van der Waals surface area contributed by atoms with Crippen LogP contribution in [-0.2, 0) is 13.0 Å². The second-order valence-electron chi connectivity index (χ2n) is 4.42. The Morgan fingerprint density at radius 1 is 1.37 bits per heavy atom. The maximum Gasteiger partial charge on any atom is 0.213 e. The van der Waals surface area contributed by atoms with Crippen molar-refractivity contribution in [2.75, 3.05) is 5.32 Å². The molecule has 0 atom stereocenters. The van der Waals surface area contributed by atoms with Gasteiger partial charge in [0.25, 0.3) is 0 Å². The maximum absolute atomic E-state index is 5.55. The number of benzene rings is 1. The van der Waals surface area contributed by atoms with Gasteiger partial charge in [0, 0.05) is 6.42 Å². The summed E-state index contributed by atoms with van der Waals surface area (Å²) < 4.78 is 6.74. The average molecular weight is 273 g/mol. The Bertz CT molecular complexity index is 702. The molecule has 5 heteroatoms. The zero-order valence-electron chi connectivity index (χ0n) is 10.9. The molecule has 0 fully saturated rings. The summed E-state index contributed by atoms with van der Waals surface area (Å²) in [5.41, 5.74) is 2.26. The topological polar surface area (TPSA) is 51.0 Å². The molecular weight excluding hydrogens is 258 g/mol. The Labute approximate surface area is 115 Å². The number of fused-ring (bicyclic) bond motifs is 1. The maximum atomic E-state index is 5.55. The van der Waals surface area contributed by atoms with Gasteiger partial charge in [0.2, 0.25) is 5.89 Å². The summed E-state index contributed by atoms with van der Waals surface area (Å²) >= 11 is 1.65. The normalized spacial score (nSPS) is 11.1. The molecule has 0 aliphatic carbocycles. The van der Waals surface area contributed by atoms with Crippen LogP contribution in [0.5, 0.6) is 0 Å². The molecule has 0 saturated heterocycles. The average Bonchev–Trinajstić information content (AvgIpc) is 3.01. The largest absolute Gasteiger partial charge is 0.444 e. The number of rotatable bonds is 4. The molecule has 98 valence electrons. The molecule has 0 aliphatic heterocycles. The van der Waals surface area contributed by atoms with Gasteiger partial charge in [-0.1, -0.05) is 24.3 Å². The van der Waals surface area contributed by atoms with Crippen LogP contribution >= 0.6 is 11.3 Å². The Morgan fingerprint density at radius 2 is 2.26 bits per heavy atom. The van der Waals surface area contributed by atoms with Crippen LogP contribution in [0.1, 0.15) is 24.1 Å². The minimum atomic E-state index is 0.568. The van der Waals surface area contributed by atoms with E-state index < -0.39 is 0 Å². The summed E-state index contributed by atoms with van der Waals surface area (Å²) in [5, 5.41) is 4.16. The second kappa shape index (κ2) is 5.01. The van der Waals surface area contributed by atoms with Gasteiger partial charge < -0.3 is 9.73 Å². The Kier molecular flexibility index (Phi) is 3.21. The number of nitrogens with zero attached hydrogens (tertiary/aromatic N) is 2. The Morgan fingerprint density at radius 3 is 3.05 bits per heavy atom. The first-order valence-electron chi connectivity index (χ1n) is 6.29. The second-order valence-corrected chi connectivity index (χ2v) is 5.45. The molecular formula is C14H15N3OS. The summed E-state index contributed by atoms with van der Waals surface area (Å²) in [6.45, 7) is 4.69. The number of hydrogen-bond donors (Lipinski definition) is 1. The fraction of sp³-hybridized carbons (Fsp3) is 0.286. The first kappa shape index (κ1) is 12.2. The molecule has 0 unspecified atom stereocenters. The highest BCUT2D eigenvalue weighted by atomic mass is 32.1. The van der Waals surface area contributed by atoms with Gasteiger partial charge in [-0.15, -0.1) is 0 Å². The molecule has 4 nitrogen and oxygen atoms in total. The fourth-order valence-electron chi connectivity index (χ4n) is 1.86. The lowest BCUT2D eigenvalue weighted by atomic mass is 10.2. The molecule has 0 amide bonds. The minimum Gasteiger partial charge on any atom is -0.444 e. The van der Waals surface area contributed by atoms with Crippen molar-refractivity contribution >= 4 is 26.7 Å². The van der Waals surface area contributed by atoms with Crippen LogP contribution < -0.4 is 5.32 Å². The molecule has 19 heavy (non-hydrogen) atoms. The van der Waals surface area contributed by atoms with Crippen molar-refractivity contribution in [2.24, 2.45) is 0 Å². The van der Waals surface area contributed by atoms with Crippen molar-refractivity contribution in [3.05, 3.63) is 41.6 Å². The number of nitrogens with one attached hydrogen (secondary N) is 1. The van der Waals surface area contributed by atoms with Gasteiger partial charge in [-0.3, -0.25) is 0 Å². The van der Waals surface area contributed by atoms with Gasteiger partial charge in [-0.2, -0.15) is 0 Å². The number of aryl methyl sites for hydroxylation is 2. The summed E-state index contributed by atoms with van der Waals surface area (Å²) in [4.78, 5) is 8.77. The minimum absolute atomic E-state index is 0.568. The van der Waals surface area contributed by atoms with Crippen molar-refractivity contribution in [3.63, 3.8) is 0 Å². The van der Waals surface area contributed by atoms with Gasteiger partial charge in [0.15, 0.2) is 5.13 Å². The summed E-state index contributed by atoms with van der Waals surface area (Å²) in [5.74, 6) is 1.61. The van der Waals surface area contributed by atoms with Crippen molar-refractivity contribution in [1.82, 2.24) is 9.97 Å². The molecule has 3 rings (SSSR count). The monoisotopic (exact) mass is 273 g/mol. The number of oxazole rings is 1. The highest BCUT2D eigenvalue weighted by Gasteiger charge is 2.06. The van der Waals surface area contributed by atoms with Crippen LogP contribution in [0, 0.1) is 6.92 Å². The van der Waals surface area contributed by atoms with E-state index in [4.69, 9.17) is 4.42 Å².